The molecule has 1 aromatic heterocycles. The number of aliphatic hydroxyl groups is 1. The summed E-state index contributed by atoms with van der Waals surface area (Å²) >= 11 is 6.60. The fourth-order valence-corrected chi connectivity index (χ4v) is 4.31. The maximum atomic E-state index is 12.3. The van der Waals surface area contributed by atoms with Crippen LogP contribution in [0.1, 0.15) is 41.6 Å². The van der Waals surface area contributed by atoms with Crippen LogP contribution in [0.4, 0.5) is 0 Å². The van der Waals surface area contributed by atoms with E-state index in [1.54, 1.807) is 6.92 Å². The number of aromatic nitrogens is 1. The van der Waals surface area contributed by atoms with Gasteiger partial charge in [0.05, 0.1) is 35.6 Å². The first kappa shape index (κ1) is 17.8. The topological polar surface area (TPSA) is 78.1 Å². The van der Waals surface area contributed by atoms with Gasteiger partial charge in [-0.05, 0) is 37.0 Å². The van der Waals surface area contributed by atoms with Crippen molar-refractivity contribution in [3.8, 4) is 6.07 Å². The zero-order valence-electron chi connectivity index (χ0n) is 14.7. The SMILES string of the molecule is Cc1cc(CC#N)c2c3c(n(C)c2c1Cl)C(CC(C)O)CNC(=O)C3. The Kier molecular flexibility index (Phi) is 4.77. The van der Waals surface area contributed by atoms with Crippen molar-refractivity contribution in [1.29, 1.82) is 5.26 Å². The Bertz CT molecular complexity index is 893. The van der Waals surface area contributed by atoms with Gasteiger partial charge in [-0.2, -0.15) is 5.26 Å². The molecule has 0 aliphatic carbocycles. The molecule has 1 amide bonds. The van der Waals surface area contributed by atoms with Gasteiger partial charge in [-0.3, -0.25) is 4.79 Å². The number of aliphatic hydroxyl groups excluding tert-OH is 1. The van der Waals surface area contributed by atoms with Crippen molar-refractivity contribution in [1.82, 2.24) is 9.88 Å². The summed E-state index contributed by atoms with van der Waals surface area (Å²) in [4.78, 5) is 12.3. The molecule has 6 heteroatoms. The zero-order chi connectivity index (χ0) is 18.3. The summed E-state index contributed by atoms with van der Waals surface area (Å²) in [5, 5.41) is 23.6. The molecular formula is C19H22ClN3O2. The predicted molar refractivity (Wildman–Crippen MR) is 97.7 cm³/mol. The molecule has 1 aromatic carbocycles. The minimum Gasteiger partial charge on any atom is -0.393 e. The molecule has 0 saturated heterocycles. The smallest absolute Gasteiger partial charge is 0.224 e. The Morgan fingerprint density at radius 1 is 1.56 bits per heavy atom. The van der Waals surface area contributed by atoms with E-state index in [4.69, 9.17) is 11.6 Å². The molecule has 0 spiro atoms. The molecule has 1 aliphatic heterocycles. The number of benzene rings is 1. The maximum Gasteiger partial charge on any atom is 0.224 e. The van der Waals surface area contributed by atoms with Crippen LogP contribution in [0.15, 0.2) is 6.07 Å². The largest absolute Gasteiger partial charge is 0.393 e. The molecule has 0 saturated carbocycles. The van der Waals surface area contributed by atoms with Crippen LogP contribution in [0.25, 0.3) is 10.9 Å². The Morgan fingerprint density at radius 3 is 2.92 bits per heavy atom. The molecule has 2 aromatic rings. The number of amides is 1. The molecule has 132 valence electrons. The van der Waals surface area contributed by atoms with Gasteiger partial charge in [0.15, 0.2) is 0 Å². The third-order valence-electron chi connectivity index (χ3n) is 4.98. The zero-order valence-corrected chi connectivity index (χ0v) is 15.4. The lowest BCUT2D eigenvalue weighted by Crippen LogP contribution is -2.28. The lowest BCUT2D eigenvalue weighted by molar-refractivity contribution is -0.120. The summed E-state index contributed by atoms with van der Waals surface area (Å²) in [6.07, 6.45) is 0.623. The lowest BCUT2D eigenvalue weighted by atomic mass is 9.93. The maximum absolute atomic E-state index is 12.3. The minimum absolute atomic E-state index is 0.00478. The van der Waals surface area contributed by atoms with Crippen molar-refractivity contribution < 1.29 is 9.90 Å². The summed E-state index contributed by atoms with van der Waals surface area (Å²) in [5.41, 5.74) is 4.67. The summed E-state index contributed by atoms with van der Waals surface area (Å²) in [5.74, 6) is -0.0355. The average Bonchev–Trinajstić information content (AvgIpc) is 2.71. The first-order chi connectivity index (χ1) is 11.8. The third-order valence-corrected chi connectivity index (χ3v) is 5.45. The Labute approximate surface area is 152 Å². The third kappa shape index (κ3) is 3.01. The monoisotopic (exact) mass is 359 g/mol. The van der Waals surface area contributed by atoms with Crippen LogP contribution < -0.4 is 5.32 Å². The lowest BCUT2D eigenvalue weighted by Gasteiger charge is -2.19. The van der Waals surface area contributed by atoms with Crippen molar-refractivity contribution in [2.24, 2.45) is 7.05 Å². The summed E-state index contributed by atoms with van der Waals surface area (Å²) in [6, 6.07) is 4.16. The van der Waals surface area contributed by atoms with E-state index >= 15 is 0 Å². The Hall–Kier alpha value is -2.03. The van der Waals surface area contributed by atoms with Gasteiger partial charge in [0.2, 0.25) is 5.91 Å². The molecular weight excluding hydrogens is 338 g/mol. The van der Waals surface area contributed by atoms with Crippen LogP contribution in [0.5, 0.6) is 0 Å². The van der Waals surface area contributed by atoms with Gasteiger partial charge in [0, 0.05) is 30.6 Å². The molecule has 2 N–H and O–H groups in total. The minimum atomic E-state index is -0.471. The quantitative estimate of drug-likeness (QED) is 0.884. The van der Waals surface area contributed by atoms with Crippen LogP contribution in [0.2, 0.25) is 5.02 Å². The number of hydrogen-bond donors (Lipinski definition) is 2. The van der Waals surface area contributed by atoms with Crippen molar-refractivity contribution >= 4 is 28.4 Å². The van der Waals surface area contributed by atoms with Crippen molar-refractivity contribution in [3.05, 3.63) is 33.5 Å². The highest BCUT2D eigenvalue weighted by Gasteiger charge is 2.30. The predicted octanol–water partition coefficient (Wildman–Crippen LogP) is 2.73. The normalized spacial score (nSPS) is 18.4. The second-order valence-corrected chi connectivity index (χ2v) is 7.29. The number of nitrogens with one attached hydrogen (secondary N) is 1. The van der Waals surface area contributed by atoms with E-state index in [1.807, 2.05) is 24.6 Å². The van der Waals surface area contributed by atoms with E-state index in [0.29, 0.717) is 18.0 Å². The van der Waals surface area contributed by atoms with E-state index < -0.39 is 6.10 Å². The standard InChI is InChI=1S/C19H22ClN3O2/c1-10-6-12(4-5-21)16-14-8-15(25)22-9-13(7-11(2)24)18(14)23(3)19(16)17(10)20/h6,11,13,24H,4,7-9H2,1-3H3,(H,22,25). The highest BCUT2D eigenvalue weighted by Crippen LogP contribution is 2.40. The molecule has 3 rings (SSSR count). The molecule has 1 aliphatic rings. The molecule has 25 heavy (non-hydrogen) atoms. The van der Waals surface area contributed by atoms with E-state index in [9.17, 15) is 15.2 Å². The number of nitrogens with zero attached hydrogens (tertiary/aromatic N) is 2. The van der Waals surface area contributed by atoms with E-state index in [1.165, 1.54) is 0 Å². The highest BCUT2D eigenvalue weighted by molar-refractivity contribution is 6.36. The van der Waals surface area contributed by atoms with Gasteiger partial charge < -0.3 is 15.0 Å². The second kappa shape index (κ2) is 6.70. The van der Waals surface area contributed by atoms with Crippen LogP contribution in [-0.2, 0) is 24.7 Å². The van der Waals surface area contributed by atoms with Crippen molar-refractivity contribution in [2.45, 2.75) is 45.1 Å². The molecule has 0 bridgehead atoms. The number of fused-ring (bicyclic) bond motifs is 3. The summed E-state index contributed by atoms with van der Waals surface area (Å²) in [7, 11) is 1.95. The van der Waals surface area contributed by atoms with Crippen molar-refractivity contribution in [2.75, 3.05) is 6.54 Å². The number of hydrogen-bond acceptors (Lipinski definition) is 3. The first-order valence-electron chi connectivity index (χ1n) is 8.46. The number of halogens is 1. The average molecular weight is 360 g/mol. The van der Waals surface area contributed by atoms with Gasteiger partial charge in [0.1, 0.15) is 0 Å². The summed E-state index contributed by atoms with van der Waals surface area (Å²) in [6.45, 7) is 4.18. The van der Waals surface area contributed by atoms with E-state index in [2.05, 4.69) is 11.4 Å². The molecule has 2 atom stereocenters. The van der Waals surface area contributed by atoms with Crippen LogP contribution >= 0.6 is 11.6 Å². The highest BCUT2D eigenvalue weighted by atomic mass is 35.5. The molecule has 5 nitrogen and oxygen atoms in total. The molecule has 0 radical (unpaired) electrons. The molecule has 2 unspecified atom stereocenters. The number of nitriles is 1. The van der Waals surface area contributed by atoms with Gasteiger partial charge in [0.25, 0.3) is 0 Å². The Morgan fingerprint density at radius 2 is 2.28 bits per heavy atom. The van der Waals surface area contributed by atoms with Gasteiger partial charge in [-0.15, -0.1) is 0 Å². The fourth-order valence-electron chi connectivity index (χ4n) is 4.04. The van der Waals surface area contributed by atoms with Crippen LogP contribution in [0.3, 0.4) is 0 Å². The number of rotatable bonds is 3. The van der Waals surface area contributed by atoms with Gasteiger partial charge in [-0.25, -0.2) is 0 Å². The van der Waals surface area contributed by atoms with Gasteiger partial charge >= 0.3 is 0 Å². The second-order valence-electron chi connectivity index (χ2n) is 6.91. The number of aryl methyl sites for hydroxylation is 2. The van der Waals surface area contributed by atoms with E-state index in [0.717, 1.165) is 33.3 Å². The number of carbonyl (C=O) groups excluding carboxylic acids is 1. The van der Waals surface area contributed by atoms with Crippen LogP contribution in [-0.4, -0.2) is 28.2 Å². The first-order valence-corrected chi connectivity index (χ1v) is 8.83. The van der Waals surface area contributed by atoms with Gasteiger partial charge in [-0.1, -0.05) is 17.7 Å². The molecule has 2 heterocycles. The van der Waals surface area contributed by atoms with Crippen LogP contribution in [0, 0.1) is 18.3 Å². The number of carbonyl (C=O) groups is 1. The van der Waals surface area contributed by atoms with E-state index in [-0.39, 0.29) is 24.7 Å². The fraction of sp³-hybridized carbons (Fsp3) is 0.474. The Balaban J connectivity index is 2.37. The molecule has 0 fully saturated rings. The summed E-state index contributed by atoms with van der Waals surface area (Å²) < 4.78 is 2.05. The van der Waals surface area contributed by atoms with Crippen molar-refractivity contribution in [3.63, 3.8) is 0 Å².